The average molecular weight is 209 g/mol. The highest BCUT2D eigenvalue weighted by Gasteiger charge is 2.24. The number of aromatic nitrogens is 3. The van der Waals surface area contributed by atoms with E-state index in [1.165, 1.54) is 0 Å². The zero-order valence-corrected chi connectivity index (χ0v) is 8.81. The van der Waals surface area contributed by atoms with Gasteiger partial charge in [-0.1, -0.05) is 0 Å². The number of aliphatic carboxylic acids is 1. The molecule has 5 heteroatoms. The van der Waals surface area contributed by atoms with Crippen molar-refractivity contribution in [1.29, 1.82) is 0 Å². The van der Waals surface area contributed by atoms with E-state index in [2.05, 4.69) is 14.8 Å². The summed E-state index contributed by atoms with van der Waals surface area (Å²) in [5.41, 5.74) is 0. The minimum atomic E-state index is -0.733. The Morgan fingerprint density at radius 3 is 3.13 bits per heavy atom. The van der Waals surface area contributed by atoms with Gasteiger partial charge in [-0.2, -0.15) is 0 Å². The molecule has 2 heterocycles. The summed E-state index contributed by atoms with van der Waals surface area (Å²) in [6, 6.07) is 0. The van der Waals surface area contributed by atoms with Gasteiger partial charge in [0.15, 0.2) is 0 Å². The van der Waals surface area contributed by atoms with Crippen LogP contribution in [0.1, 0.15) is 43.3 Å². The van der Waals surface area contributed by atoms with Gasteiger partial charge in [-0.05, 0) is 26.2 Å². The highest BCUT2D eigenvalue weighted by atomic mass is 16.4. The normalized spacial score (nSPS) is 19.9. The highest BCUT2D eigenvalue weighted by molar-refractivity contribution is 5.66. The second-order valence-corrected chi connectivity index (χ2v) is 4.03. The summed E-state index contributed by atoms with van der Waals surface area (Å²) < 4.78 is 2.11. The number of hydrogen-bond donors (Lipinski definition) is 1. The monoisotopic (exact) mass is 209 g/mol. The van der Waals surface area contributed by atoms with Crippen LogP contribution in [0.15, 0.2) is 0 Å². The maximum Gasteiger partial charge on any atom is 0.303 e. The molecular weight excluding hydrogens is 194 g/mol. The van der Waals surface area contributed by atoms with Crippen molar-refractivity contribution in [2.45, 2.75) is 45.1 Å². The molecule has 0 fully saturated rings. The molecular formula is C10H15N3O2. The topological polar surface area (TPSA) is 68.0 Å². The van der Waals surface area contributed by atoms with Crippen LogP contribution in [0.25, 0.3) is 0 Å². The van der Waals surface area contributed by atoms with Crippen molar-refractivity contribution >= 4 is 5.97 Å². The van der Waals surface area contributed by atoms with Crippen molar-refractivity contribution in [2.75, 3.05) is 0 Å². The van der Waals surface area contributed by atoms with Crippen LogP contribution in [0.2, 0.25) is 0 Å². The lowest BCUT2D eigenvalue weighted by Crippen LogP contribution is -2.17. The van der Waals surface area contributed by atoms with Crippen LogP contribution in [0.4, 0.5) is 0 Å². The van der Waals surface area contributed by atoms with Gasteiger partial charge in [0.2, 0.25) is 0 Å². The fraction of sp³-hybridized carbons (Fsp3) is 0.700. The fourth-order valence-corrected chi connectivity index (χ4v) is 2.17. The van der Waals surface area contributed by atoms with E-state index >= 15 is 0 Å². The van der Waals surface area contributed by atoms with Gasteiger partial charge in [0, 0.05) is 18.9 Å². The molecule has 1 aromatic rings. The van der Waals surface area contributed by atoms with Crippen molar-refractivity contribution in [2.24, 2.45) is 0 Å². The number of carboxylic acids is 1. The SMILES string of the molecule is Cc1nnc2n1CCCC2CCC(=O)O. The molecule has 0 saturated heterocycles. The number of fused-ring (bicyclic) bond motifs is 1. The molecule has 5 nitrogen and oxygen atoms in total. The van der Waals surface area contributed by atoms with Crippen LogP contribution < -0.4 is 0 Å². The Balaban J connectivity index is 2.12. The molecule has 82 valence electrons. The van der Waals surface area contributed by atoms with Crippen LogP contribution >= 0.6 is 0 Å². The van der Waals surface area contributed by atoms with Crippen molar-refractivity contribution in [3.63, 3.8) is 0 Å². The van der Waals surface area contributed by atoms with Crippen molar-refractivity contribution in [1.82, 2.24) is 14.8 Å². The van der Waals surface area contributed by atoms with Gasteiger partial charge >= 0.3 is 5.97 Å². The average Bonchev–Trinajstić information content (AvgIpc) is 2.58. The lowest BCUT2D eigenvalue weighted by Gasteiger charge is -2.22. The quantitative estimate of drug-likeness (QED) is 0.815. The first-order valence-corrected chi connectivity index (χ1v) is 5.30. The van der Waals surface area contributed by atoms with E-state index in [9.17, 15) is 4.79 Å². The molecule has 0 saturated carbocycles. The minimum Gasteiger partial charge on any atom is -0.481 e. The number of carbonyl (C=O) groups is 1. The molecule has 15 heavy (non-hydrogen) atoms. The van der Waals surface area contributed by atoms with E-state index < -0.39 is 5.97 Å². The van der Waals surface area contributed by atoms with E-state index in [0.29, 0.717) is 6.42 Å². The molecule has 2 rings (SSSR count). The Kier molecular flexibility index (Phi) is 2.70. The standard InChI is InChI=1S/C10H15N3O2/c1-7-11-12-10-8(4-5-9(14)15)3-2-6-13(7)10/h8H,2-6H2,1H3,(H,14,15). The van der Waals surface area contributed by atoms with E-state index in [1.807, 2.05) is 6.92 Å². The summed E-state index contributed by atoms with van der Waals surface area (Å²) >= 11 is 0. The Morgan fingerprint density at radius 2 is 2.40 bits per heavy atom. The second-order valence-electron chi connectivity index (χ2n) is 4.03. The lowest BCUT2D eigenvalue weighted by molar-refractivity contribution is -0.137. The number of carboxylic acid groups (broad SMARTS) is 1. The predicted molar refractivity (Wildman–Crippen MR) is 53.6 cm³/mol. The Morgan fingerprint density at radius 1 is 1.60 bits per heavy atom. The Labute approximate surface area is 88.1 Å². The molecule has 1 N–H and O–H groups in total. The number of rotatable bonds is 3. The predicted octanol–water partition coefficient (Wildman–Crippen LogP) is 1.33. The first-order chi connectivity index (χ1) is 7.18. The highest BCUT2D eigenvalue weighted by Crippen LogP contribution is 2.29. The minimum absolute atomic E-state index is 0.219. The third kappa shape index (κ3) is 2.00. The summed E-state index contributed by atoms with van der Waals surface area (Å²) in [6.07, 6.45) is 3.02. The second kappa shape index (κ2) is 4.00. The molecule has 0 radical (unpaired) electrons. The number of nitrogens with zero attached hydrogens (tertiary/aromatic N) is 3. The molecule has 1 aromatic heterocycles. The maximum atomic E-state index is 10.5. The molecule has 0 bridgehead atoms. The van der Waals surface area contributed by atoms with Crippen LogP contribution in [0.3, 0.4) is 0 Å². The number of aryl methyl sites for hydroxylation is 1. The van der Waals surface area contributed by atoms with Crippen LogP contribution in [0.5, 0.6) is 0 Å². The van der Waals surface area contributed by atoms with Crippen LogP contribution in [-0.2, 0) is 11.3 Å². The van der Waals surface area contributed by atoms with Crippen molar-refractivity contribution in [3.05, 3.63) is 11.6 Å². The first-order valence-electron chi connectivity index (χ1n) is 5.30. The molecule has 1 aliphatic rings. The third-order valence-electron chi connectivity index (χ3n) is 2.97. The fourth-order valence-electron chi connectivity index (χ4n) is 2.17. The Bertz CT molecular complexity index is 373. The van der Waals surface area contributed by atoms with E-state index in [-0.39, 0.29) is 12.3 Å². The van der Waals surface area contributed by atoms with Gasteiger partial charge in [0.05, 0.1) is 0 Å². The maximum absolute atomic E-state index is 10.5. The molecule has 1 aliphatic heterocycles. The van der Waals surface area contributed by atoms with Gasteiger partial charge in [-0.25, -0.2) is 0 Å². The van der Waals surface area contributed by atoms with Gasteiger partial charge in [0.1, 0.15) is 11.6 Å². The van der Waals surface area contributed by atoms with Crippen molar-refractivity contribution in [3.8, 4) is 0 Å². The summed E-state index contributed by atoms with van der Waals surface area (Å²) in [5.74, 6) is 1.45. The van der Waals surface area contributed by atoms with Gasteiger partial charge < -0.3 is 9.67 Å². The van der Waals surface area contributed by atoms with E-state index in [4.69, 9.17) is 5.11 Å². The van der Waals surface area contributed by atoms with E-state index in [1.54, 1.807) is 0 Å². The van der Waals surface area contributed by atoms with Gasteiger partial charge in [0.25, 0.3) is 0 Å². The summed E-state index contributed by atoms with van der Waals surface area (Å²) in [6.45, 7) is 2.91. The summed E-state index contributed by atoms with van der Waals surface area (Å²) in [4.78, 5) is 10.5. The number of hydrogen-bond acceptors (Lipinski definition) is 3. The third-order valence-corrected chi connectivity index (χ3v) is 2.97. The first kappa shape index (κ1) is 10.1. The largest absolute Gasteiger partial charge is 0.481 e. The molecule has 0 amide bonds. The Hall–Kier alpha value is -1.39. The summed E-state index contributed by atoms with van der Waals surface area (Å²) in [5, 5.41) is 16.8. The summed E-state index contributed by atoms with van der Waals surface area (Å²) in [7, 11) is 0. The zero-order valence-electron chi connectivity index (χ0n) is 8.81. The molecule has 1 atom stereocenters. The van der Waals surface area contributed by atoms with Gasteiger partial charge in [-0.3, -0.25) is 4.79 Å². The molecule has 0 aromatic carbocycles. The van der Waals surface area contributed by atoms with Crippen LogP contribution in [0, 0.1) is 6.92 Å². The van der Waals surface area contributed by atoms with Crippen molar-refractivity contribution < 1.29 is 9.90 Å². The smallest absolute Gasteiger partial charge is 0.303 e. The van der Waals surface area contributed by atoms with E-state index in [0.717, 1.165) is 31.0 Å². The molecule has 1 unspecified atom stereocenters. The molecule has 0 aliphatic carbocycles. The lowest BCUT2D eigenvalue weighted by atomic mass is 9.94. The van der Waals surface area contributed by atoms with Crippen LogP contribution in [-0.4, -0.2) is 25.8 Å². The van der Waals surface area contributed by atoms with Gasteiger partial charge in [-0.15, -0.1) is 10.2 Å². The molecule has 0 spiro atoms. The zero-order chi connectivity index (χ0) is 10.8.